The molecule has 1 aromatic rings. The lowest BCUT2D eigenvalue weighted by Gasteiger charge is -2.15. The first kappa shape index (κ1) is 13.6. The lowest BCUT2D eigenvalue weighted by Crippen LogP contribution is -2.30. The summed E-state index contributed by atoms with van der Waals surface area (Å²) in [6, 6.07) is 0. The van der Waals surface area contributed by atoms with E-state index in [1.54, 1.807) is 4.68 Å². The van der Waals surface area contributed by atoms with E-state index in [0.29, 0.717) is 18.5 Å². The van der Waals surface area contributed by atoms with Crippen molar-refractivity contribution in [3.63, 3.8) is 0 Å². The standard InChI is InChI=1S/C13H19N3O3/c1-7-11(8(2)16(3)15-7)14-12(17)9-5-4-6-10(9)13(18)19/h9-10H,4-6H2,1-3H3,(H,14,17)(H,18,19). The molecule has 1 aromatic heterocycles. The van der Waals surface area contributed by atoms with E-state index in [-0.39, 0.29) is 5.91 Å². The zero-order valence-electron chi connectivity index (χ0n) is 11.4. The summed E-state index contributed by atoms with van der Waals surface area (Å²) >= 11 is 0. The molecule has 1 amide bonds. The van der Waals surface area contributed by atoms with Gasteiger partial charge in [0.25, 0.3) is 0 Å². The fraction of sp³-hybridized carbons (Fsp3) is 0.615. The molecule has 1 aliphatic rings. The monoisotopic (exact) mass is 265 g/mol. The Labute approximate surface area is 111 Å². The summed E-state index contributed by atoms with van der Waals surface area (Å²) in [5, 5.41) is 16.2. The normalized spacial score (nSPS) is 22.5. The molecule has 6 heteroatoms. The molecular weight excluding hydrogens is 246 g/mol. The van der Waals surface area contributed by atoms with Crippen molar-refractivity contribution in [1.29, 1.82) is 0 Å². The molecule has 6 nitrogen and oxygen atoms in total. The number of anilines is 1. The molecule has 0 aromatic carbocycles. The molecule has 2 atom stereocenters. The summed E-state index contributed by atoms with van der Waals surface area (Å²) in [7, 11) is 1.81. The molecule has 2 unspecified atom stereocenters. The Bertz CT molecular complexity index is 521. The van der Waals surface area contributed by atoms with E-state index in [9.17, 15) is 9.59 Å². The van der Waals surface area contributed by atoms with Crippen LogP contribution in [0.15, 0.2) is 0 Å². The van der Waals surface area contributed by atoms with Crippen molar-refractivity contribution in [2.45, 2.75) is 33.1 Å². The topological polar surface area (TPSA) is 84.2 Å². The van der Waals surface area contributed by atoms with Crippen molar-refractivity contribution in [2.75, 3.05) is 5.32 Å². The van der Waals surface area contributed by atoms with Gasteiger partial charge in [-0.1, -0.05) is 6.42 Å². The number of nitrogens with one attached hydrogen (secondary N) is 1. The molecule has 0 aliphatic heterocycles. The van der Waals surface area contributed by atoms with Crippen LogP contribution in [0.4, 0.5) is 5.69 Å². The van der Waals surface area contributed by atoms with Gasteiger partial charge >= 0.3 is 5.97 Å². The van der Waals surface area contributed by atoms with Crippen LogP contribution in [0.2, 0.25) is 0 Å². The summed E-state index contributed by atoms with van der Waals surface area (Å²) < 4.78 is 1.70. The number of hydrogen-bond acceptors (Lipinski definition) is 3. The van der Waals surface area contributed by atoms with Gasteiger partial charge in [0.1, 0.15) is 0 Å². The number of carboxylic acid groups (broad SMARTS) is 1. The fourth-order valence-electron chi connectivity index (χ4n) is 2.74. The Balaban J connectivity index is 2.15. The number of nitrogens with zero attached hydrogens (tertiary/aromatic N) is 2. The fourth-order valence-corrected chi connectivity index (χ4v) is 2.74. The highest BCUT2D eigenvalue weighted by molar-refractivity contribution is 5.96. The molecular formula is C13H19N3O3. The molecule has 1 aliphatic carbocycles. The number of aromatic nitrogens is 2. The molecule has 2 N–H and O–H groups in total. The van der Waals surface area contributed by atoms with Crippen molar-refractivity contribution in [3.8, 4) is 0 Å². The number of carbonyl (C=O) groups excluding carboxylic acids is 1. The van der Waals surface area contributed by atoms with Gasteiger partial charge in [0.15, 0.2) is 0 Å². The lowest BCUT2D eigenvalue weighted by molar-refractivity contribution is -0.145. The predicted octanol–water partition coefficient (Wildman–Crippen LogP) is 1.48. The number of rotatable bonds is 3. The molecule has 19 heavy (non-hydrogen) atoms. The third kappa shape index (κ3) is 2.47. The number of aliphatic carboxylic acids is 1. The van der Waals surface area contributed by atoms with Crippen LogP contribution >= 0.6 is 0 Å². The van der Waals surface area contributed by atoms with Crippen LogP contribution in [0, 0.1) is 25.7 Å². The Morgan fingerprint density at radius 3 is 2.47 bits per heavy atom. The molecule has 1 heterocycles. The van der Waals surface area contributed by atoms with Gasteiger partial charge in [0.05, 0.1) is 28.9 Å². The lowest BCUT2D eigenvalue weighted by atomic mass is 9.95. The van der Waals surface area contributed by atoms with Gasteiger partial charge < -0.3 is 10.4 Å². The Kier molecular flexibility index (Phi) is 3.59. The molecule has 0 bridgehead atoms. The van der Waals surface area contributed by atoms with Gasteiger partial charge in [-0.2, -0.15) is 5.10 Å². The van der Waals surface area contributed by atoms with Crippen molar-refractivity contribution >= 4 is 17.6 Å². The molecule has 2 rings (SSSR count). The van der Waals surface area contributed by atoms with E-state index in [1.807, 2.05) is 20.9 Å². The third-order valence-corrected chi connectivity index (χ3v) is 3.93. The number of aryl methyl sites for hydroxylation is 2. The second-order valence-electron chi connectivity index (χ2n) is 5.14. The molecule has 0 spiro atoms. The SMILES string of the molecule is Cc1nn(C)c(C)c1NC(=O)C1CCCC1C(=O)O. The summed E-state index contributed by atoms with van der Waals surface area (Å²) in [4.78, 5) is 23.3. The molecule has 0 saturated heterocycles. The summed E-state index contributed by atoms with van der Waals surface area (Å²) in [6.45, 7) is 3.70. The maximum atomic E-state index is 12.2. The van der Waals surface area contributed by atoms with E-state index in [4.69, 9.17) is 5.11 Å². The summed E-state index contributed by atoms with van der Waals surface area (Å²) in [6.07, 6.45) is 2.01. The van der Waals surface area contributed by atoms with Crippen molar-refractivity contribution < 1.29 is 14.7 Å². The predicted molar refractivity (Wildman–Crippen MR) is 69.8 cm³/mol. The first-order chi connectivity index (χ1) is 8.91. The van der Waals surface area contributed by atoms with Crippen LogP contribution in [0.1, 0.15) is 30.7 Å². The first-order valence-corrected chi connectivity index (χ1v) is 6.45. The average molecular weight is 265 g/mol. The maximum Gasteiger partial charge on any atom is 0.307 e. The van der Waals surface area contributed by atoms with E-state index in [1.165, 1.54) is 0 Å². The van der Waals surface area contributed by atoms with Gasteiger partial charge in [0, 0.05) is 7.05 Å². The first-order valence-electron chi connectivity index (χ1n) is 6.45. The number of carbonyl (C=O) groups is 2. The van der Waals surface area contributed by atoms with E-state index >= 15 is 0 Å². The third-order valence-electron chi connectivity index (χ3n) is 3.93. The second-order valence-corrected chi connectivity index (χ2v) is 5.14. The average Bonchev–Trinajstić information content (AvgIpc) is 2.90. The maximum absolute atomic E-state index is 12.2. The quantitative estimate of drug-likeness (QED) is 0.867. The van der Waals surface area contributed by atoms with Gasteiger partial charge in [-0.05, 0) is 26.7 Å². The van der Waals surface area contributed by atoms with E-state index in [0.717, 1.165) is 17.8 Å². The smallest absolute Gasteiger partial charge is 0.307 e. The van der Waals surface area contributed by atoms with E-state index in [2.05, 4.69) is 10.4 Å². The molecule has 0 radical (unpaired) electrons. The van der Waals surface area contributed by atoms with Crippen LogP contribution < -0.4 is 5.32 Å². The van der Waals surface area contributed by atoms with Crippen molar-refractivity contribution in [2.24, 2.45) is 18.9 Å². The molecule has 1 saturated carbocycles. The highest BCUT2D eigenvalue weighted by Gasteiger charge is 2.38. The molecule has 104 valence electrons. The summed E-state index contributed by atoms with van der Waals surface area (Å²) in [5.41, 5.74) is 2.32. The van der Waals surface area contributed by atoms with Gasteiger partial charge in [0.2, 0.25) is 5.91 Å². The zero-order chi connectivity index (χ0) is 14.2. The zero-order valence-corrected chi connectivity index (χ0v) is 11.4. The van der Waals surface area contributed by atoms with Gasteiger partial charge in [-0.25, -0.2) is 0 Å². The minimum absolute atomic E-state index is 0.205. The Morgan fingerprint density at radius 1 is 1.32 bits per heavy atom. The van der Waals surface area contributed by atoms with Gasteiger partial charge in [-0.15, -0.1) is 0 Å². The van der Waals surface area contributed by atoms with Crippen molar-refractivity contribution in [3.05, 3.63) is 11.4 Å². The Morgan fingerprint density at radius 2 is 1.95 bits per heavy atom. The van der Waals surface area contributed by atoms with Crippen LogP contribution in [0.25, 0.3) is 0 Å². The molecule has 1 fully saturated rings. The second kappa shape index (κ2) is 5.03. The highest BCUT2D eigenvalue weighted by atomic mass is 16.4. The van der Waals surface area contributed by atoms with Crippen LogP contribution in [-0.2, 0) is 16.6 Å². The highest BCUT2D eigenvalue weighted by Crippen LogP contribution is 2.33. The van der Waals surface area contributed by atoms with Crippen LogP contribution in [0.3, 0.4) is 0 Å². The minimum Gasteiger partial charge on any atom is -0.481 e. The number of carboxylic acids is 1. The summed E-state index contributed by atoms with van der Waals surface area (Å²) in [5.74, 6) is -2.07. The Hall–Kier alpha value is -1.85. The minimum atomic E-state index is -0.878. The number of amides is 1. The van der Waals surface area contributed by atoms with Crippen LogP contribution in [-0.4, -0.2) is 26.8 Å². The largest absolute Gasteiger partial charge is 0.481 e. The van der Waals surface area contributed by atoms with Gasteiger partial charge in [-0.3, -0.25) is 14.3 Å². The number of hydrogen-bond donors (Lipinski definition) is 2. The van der Waals surface area contributed by atoms with Crippen LogP contribution in [0.5, 0.6) is 0 Å². The van der Waals surface area contributed by atoms with Crippen molar-refractivity contribution in [1.82, 2.24) is 9.78 Å². The van der Waals surface area contributed by atoms with E-state index < -0.39 is 17.8 Å².